The average Bonchev–Trinajstić information content (AvgIpc) is 3.54. The Morgan fingerprint density at radius 2 is 1.84 bits per heavy atom. The lowest BCUT2D eigenvalue weighted by atomic mass is 9.81. The second-order valence-electron chi connectivity index (χ2n) is 10.3. The van der Waals surface area contributed by atoms with E-state index in [9.17, 15) is 18.0 Å². The van der Waals surface area contributed by atoms with E-state index in [-0.39, 0.29) is 41.3 Å². The van der Waals surface area contributed by atoms with Gasteiger partial charge < -0.3 is 14.8 Å². The van der Waals surface area contributed by atoms with Gasteiger partial charge in [0.05, 0.1) is 22.6 Å². The molecule has 38 heavy (non-hydrogen) atoms. The first kappa shape index (κ1) is 24.6. The minimum Gasteiger partial charge on any atom is -0.457 e. The number of fused-ring (bicyclic) bond motifs is 4. The highest BCUT2D eigenvalue weighted by molar-refractivity contribution is 7.92. The molecule has 0 saturated carbocycles. The fourth-order valence-corrected chi connectivity index (χ4v) is 6.63. The number of anilines is 2. The molecule has 2 N–H and O–H groups in total. The topological polar surface area (TPSA) is 111 Å². The molecule has 0 radical (unpaired) electrons. The van der Waals surface area contributed by atoms with E-state index in [1.807, 2.05) is 38.1 Å². The second-order valence-corrected chi connectivity index (χ2v) is 12.0. The van der Waals surface area contributed by atoms with Crippen molar-refractivity contribution in [2.24, 2.45) is 11.8 Å². The highest BCUT2D eigenvalue weighted by Gasteiger charge is 2.42. The van der Waals surface area contributed by atoms with Crippen LogP contribution in [0.25, 0.3) is 0 Å². The molecule has 3 aromatic carbocycles. The average molecular weight is 533 g/mol. The van der Waals surface area contributed by atoms with Crippen molar-refractivity contribution in [3.8, 4) is 0 Å². The molecule has 1 saturated heterocycles. The van der Waals surface area contributed by atoms with Crippen molar-refractivity contribution >= 4 is 33.2 Å². The number of rotatable bonds is 6. The van der Waals surface area contributed by atoms with Crippen molar-refractivity contribution < 1.29 is 27.5 Å². The third-order valence-electron chi connectivity index (χ3n) is 7.53. The van der Waals surface area contributed by atoms with Gasteiger partial charge in [-0.1, -0.05) is 38.1 Å². The van der Waals surface area contributed by atoms with Gasteiger partial charge in [0.15, 0.2) is 5.78 Å². The number of benzene rings is 3. The smallest absolute Gasteiger partial charge is 0.338 e. The molecule has 1 fully saturated rings. The maximum Gasteiger partial charge on any atom is 0.338 e. The molecule has 3 heterocycles. The molecule has 3 aliphatic heterocycles. The predicted molar refractivity (Wildman–Crippen MR) is 142 cm³/mol. The summed E-state index contributed by atoms with van der Waals surface area (Å²) in [4.78, 5) is 24.2. The summed E-state index contributed by atoms with van der Waals surface area (Å²) < 4.78 is 40.3. The van der Waals surface area contributed by atoms with Gasteiger partial charge in [-0.2, -0.15) is 0 Å². The number of carbonyl (C=O) groups is 2. The van der Waals surface area contributed by atoms with Gasteiger partial charge in [0.1, 0.15) is 6.61 Å². The number of cyclic esters (lactones) is 1. The number of esters is 1. The Hall–Kier alpha value is -3.69. The normalized spacial score (nSPS) is 21.8. The number of hydrogen-bond donors (Lipinski definition) is 2. The van der Waals surface area contributed by atoms with Crippen LogP contribution in [-0.4, -0.2) is 26.8 Å². The third kappa shape index (κ3) is 4.25. The van der Waals surface area contributed by atoms with Crippen molar-refractivity contribution in [1.82, 2.24) is 0 Å². The molecule has 9 heteroatoms. The Morgan fingerprint density at radius 1 is 1.05 bits per heavy atom. The number of nitrogens with one attached hydrogen (secondary N) is 2. The van der Waals surface area contributed by atoms with Crippen LogP contribution in [0, 0.1) is 11.8 Å². The van der Waals surface area contributed by atoms with Crippen molar-refractivity contribution in [3.05, 3.63) is 88.5 Å². The molecule has 8 nitrogen and oxygen atoms in total. The summed E-state index contributed by atoms with van der Waals surface area (Å²) in [6, 6.07) is 17.5. The van der Waals surface area contributed by atoms with Crippen LogP contribution in [0.15, 0.2) is 65.6 Å². The van der Waals surface area contributed by atoms with Gasteiger partial charge >= 0.3 is 5.97 Å². The number of sulfonamides is 1. The van der Waals surface area contributed by atoms with Crippen molar-refractivity contribution in [2.45, 2.75) is 43.9 Å². The van der Waals surface area contributed by atoms with Gasteiger partial charge in [0.25, 0.3) is 10.0 Å². The van der Waals surface area contributed by atoms with E-state index in [4.69, 9.17) is 9.47 Å². The minimum absolute atomic E-state index is 0.0184. The molecule has 196 valence electrons. The van der Waals surface area contributed by atoms with Gasteiger partial charge in [-0.15, -0.1) is 0 Å². The summed E-state index contributed by atoms with van der Waals surface area (Å²) in [7, 11) is -3.88. The summed E-state index contributed by atoms with van der Waals surface area (Å²) in [5, 5.41) is 3.59. The first-order valence-corrected chi connectivity index (χ1v) is 14.2. The molecule has 0 bridgehead atoms. The Bertz CT molecular complexity index is 1550. The molecule has 6 rings (SSSR count). The van der Waals surface area contributed by atoms with Crippen LogP contribution < -0.4 is 10.0 Å². The molecule has 0 amide bonds. The lowest BCUT2D eigenvalue weighted by Gasteiger charge is -2.36. The van der Waals surface area contributed by atoms with Crippen LogP contribution >= 0.6 is 0 Å². The largest absolute Gasteiger partial charge is 0.457 e. The van der Waals surface area contributed by atoms with Gasteiger partial charge in [0.2, 0.25) is 0 Å². The first-order valence-electron chi connectivity index (χ1n) is 12.7. The summed E-state index contributed by atoms with van der Waals surface area (Å²) in [5.41, 5.74) is 4.87. The molecular weight excluding hydrogens is 504 g/mol. The van der Waals surface area contributed by atoms with E-state index < -0.39 is 16.0 Å². The fraction of sp³-hybridized carbons (Fsp3) is 0.310. The van der Waals surface area contributed by atoms with Crippen molar-refractivity contribution in [2.75, 3.05) is 16.6 Å². The Morgan fingerprint density at radius 3 is 2.61 bits per heavy atom. The van der Waals surface area contributed by atoms with E-state index in [1.165, 1.54) is 0 Å². The second kappa shape index (κ2) is 9.25. The number of ketones is 1. The molecule has 3 aliphatic rings. The standard InChI is InChI=1S/C29H28N2O6S/c1-16(2)27(32)18-5-3-17(4-6-18)26-23-11-12-36-28(23)24-14-21(8-10-25(24)30-26)38(34,35)31-20-7-9-22-19(13-20)15-37-29(22)33/h3-10,13-14,16,23,26,28,30-31H,11-12,15H2,1-2H3. The molecule has 0 spiro atoms. The zero-order chi connectivity index (χ0) is 26.6. The summed E-state index contributed by atoms with van der Waals surface area (Å²) in [5.74, 6) is -0.228. The highest BCUT2D eigenvalue weighted by Crippen LogP contribution is 2.50. The van der Waals surface area contributed by atoms with E-state index in [2.05, 4.69) is 10.0 Å². The third-order valence-corrected chi connectivity index (χ3v) is 8.91. The van der Waals surface area contributed by atoms with E-state index in [1.54, 1.807) is 36.4 Å². The lowest BCUT2D eigenvalue weighted by molar-refractivity contribution is 0.0535. The van der Waals surface area contributed by atoms with E-state index >= 15 is 0 Å². The number of hydrogen-bond acceptors (Lipinski definition) is 7. The first-order chi connectivity index (χ1) is 18.2. The van der Waals surface area contributed by atoms with Crippen molar-refractivity contribution in [3.63, 3.8) is 0 Å². The zero-order valence-electron chi connectivity index (χ0n) is 21.1. The number of carbonyl (C=O) groups excluding carboxylic acids is 2. The fourth-order valence-electron chi connectivity index (χ4n) is 5.55. The number of Topliss-reactive ketones (excluding diaryl/α,β-unsaturated/α-hetero) is 1. The maximum absolute atomic E-state index is 13.3. The molecule has 0 aromatic heterocycles. The molecule has 3 unspecified atom stereocenters. The van der Waals surface area contributed by atoms with Crippen LogP contribution in [-0.2, 0) is 26.1 Å². The highest BCUT2D eigenvalue weighted by atomic mass is 32.2. The van der Waals surface area contributed by atoms with Gasteiger partial charge in [-0.05, 0) is 48.4 Å². The van der Waals surface area contributed by atoms with Gasteiger partial charge in [-0.3, -0.25) is 9.52 Å². The minimum atomic E-state index is -3.88. The van der Waals surface area contributed by atoms with E-state index in [0.717, 1.165) is 23.2 Å². The number of ether oxygens (including phenoxy) is 2. The summed E-state index contributed by atoms with van der Waals surface area (Å²) in [6.07, 6.45) is 0.589. The lowest BCUT2D eigenvalue weighted by Crippen LogP contribution is -2.29. The Kier molecular flexibility index (Phi) is 6.00. The van der Waals surface area contributed by atoms with Crippen LogP contribution in [0.3, 0.4) is 0 Å². The van der Waals surface area contributed by atoms with Gasteiger partial charge in [-0.25, -0.2) is 13.2 Å². The quantitative estimate of drug-likeness (QED) is 0.330. The maximum atomic E-state index is 13.3. The van der Waals surface area contributed by atoms with Gasteiger partial charge in [0, 0.05) is 46.5 Å². The molecule has 3 aromatic rings. The monoisotopic (exact) mass is 532 g/mol. The predicted octanol–water partition coefficient (Wildman–Crippen LogP) is 5.24. The van der Waals surface area contributed by atoms with Crippen LogP contribution in [0.4, 0.5) is 11.4 Å². The van der Waals surface area contributed by atoms with Crippen molar-refractivity contribution in [1.29, 1.82) is 0 Å². The SMILES string of the molecule is CC(C)C(=O)c1ccc(C2Nc3ccc(S(=O)(=O)Nc4ccc5c(c4)COC5=O)cc3C3OCCC23)cc1. The molecule has 0 aliphatic carbocycles. The van der Waals surface area contributed by atoms with Crippen LogP contribution in [0.2, 0.25) is 0 Å². The van der Waals surface area contributed by atoms with Crippen LogP contribution in [0.1, 0.15) is 69.8 Å². The summed E-state index contributed by atoms with van der Waals surface area (Å²) in [6.45, 7) is 4.50. The van der Waals surface area contributed by atoms with Crippen LogP contribution in [0.5, 0.6) is 0 Å². The zero-order valence-corrected chi connectivity index (χ0v) is 21.9. The molecule has 3 atom stereocenters. The molecular formula is C29H28N2O6S. The summed E-state index contributed by atoms with van der Waals surface area (Å²) >= 11 is 0. The Labute approximate surface area is 221 Å². The van der Waals surface area contributed by atoms with E-state index in [0.29, 0.717) is 29.0 Å². The Balaban J connectivity index is 1.27.